The van der Waals surface area contributed by atoms with E-state index in [2.05, 4.69) is 223 Å². The predicted molar refractivity (Wildman–Crippen MR) is 266 cm³/mol. The van der Waals surface area contributed by atoms with Crippen molar-refractivity contribution in [3.8, 4) is 38.0 Å². The average molecular weight is 841 g/mol. The standard InChI is InChI=1S/C57H36N4S2/c1-5-17-38(18-6-1)51(39-19-7-2-8-20-39)52(40-21-9-3-10-22-40)41-31-29-37(30-32-41)43-33-34-48(54-53(43)59-63-60-54)49-35-36-50(62-49)57-58-55-46-27-15-13-25-44(46)45-26-14-16-28-47(45)56(55)61(57)42-23-11-4-12-24-42/h1-36H. The van der Waals surface area contributed by atoms with Crippen molar-refractivity contribution >= 4 is 77.8 Å². The zero-order chi connectivity index (χ0) is 41.7. The van der Waals surface area contributed by atoms with E-state index in [0.717, 1.165) is 71.0 Å². The molecule has 0 radical (unpaired) electrons. The van der Waals surface area contributed by atoms with Gasteiger partial charge in [0.15, 0.2) is 5.82 Å². The van der Waals surface area contributed by atoms with Gasteiger partial charge >= 0.3 is 0 Å². The quantitative estimate of drug-likeness (QED) is 0.113. The van der Waals surface area contributed by atoms with Gasteiger partial charge in [0.05, 0.1) is 27.6 Å². The van der Waals surface area contributed by atoms with E-state index in [0.29, 0.717) is 0 Å². The lowest BCUT2D eigenvalue weighted by molar-refractivity contribution is 1.11. The van der Waals surface area contributed by atoms with Crippen LogP contribution >= 0.6 is 23.1 Å². The number of thiophene rings is 1. The molecule has 0 saturated heterocycles. The Bertz CT molecular complexity index is 3600. The Morgan fingerprint density at radius 1 is 0.365 bits per heavy atom. The van der Waals surface area contributed by atoms with E-state index < -0.39 is 0 Å². The van der Waals surface area contributed by atoms with Gasteiger partial charge in [0.1, 0.15) is 11.0 Å². The number of hydrogen-bond acceptors (Lipinski definition) is 5. The van der Waals surface area contributed by atoms with Crippen LogP contribution in [-0.2, 0) is 0 Å². The smallest absolute Gasteiger partial charge is 0.155 e. The maximum absolute atomic E-state index is 5.48. The second kappa shape index (κ2) is 15.6. The van der Waals surface area contributed by atoms with Gasteiger partial charge in [-0.05, 0) is 74.0 Å². The van der Waals surface area contributed by atoms with Crippen molar-refractivity contribution in [2.75, 3.05) is 0 Å². The van der Waals surface area contributed by atoms with E-state index >= 15 is 0 Å². The Balaban J connectivity index is 0.964. The molecule has 0 aliphatic carbocycles. The Kier molecular flexibility index (Phi) is 9.17. The van der Waals surface area contributed by atoms with Crippen LogP contribution in [0.2, 0.25) is 0 Å². The third kappa shape index (κ3) is 6.38. The zero-order valence-corrected chi connectivity index (χ0v) is 35.5. The lowest BCUT2D eigenvalue weighted by Gasteiger charge is -2.18. The van der Waals surface area contributed by atoms with Gasteiger partial charge in [0.25, 0.3) is 0 Å². The molecule has 4 nitrogen and oxygen atoms in total. The van der Waals surface area contributed by atoms with Gasteiger partial charge < -0.3 is 0 Å². The molecular formula is C57H36N4S2. The van der Waals surface area contributed by atoms with Crippen LogP contribution in [0.25, 0.3) is 92.7 Å². The molecule has 3 aromatic heterocycles. The first-order chi connectivity index (χ1) is 31.3. The molecule has 9 aromatic carbocycles. The first-order valence-corrected chi connectivity index (χ1v) is 22.6. The molecule has 0 fully saturated rings. The SMILES string of the molecule is c1ccc(C(=C(c2ccccc2)c2ccc(-c3ccc(-c4ccc(-c5nc6c7ccccc7c7ccccc7c6n5-c5ccccc5)s4)c4nsnc34)cc2)c2ccccc2)cc1. The molecule has 12 aromatic rings. The van der Waals surface area contributed by atoms with E-state index in [1.807, 2.05) is 0 Å². The van der Waals surface area contributed by atoms with E-state index in [1.165, 1.54) is 55.7 Å². The summed E-state index contributed by atoms with van der Waals surface area (Å²) >= 11 is 3.01. The highest BCUT2D eigenvalue weighted by Gasteiger charge is 2.23. The molecule has 63 heavy (non-hydrogen) atoms. The predicted octanol–water partition coefficient (Wildman–Crippen LogP) is 15.4. The van der Waals surface area contributed by atoms with Crippen LogP contribution in [0.3, 0.4) is 0 Å². The van der Waals surface area contributed by atoms with Crippen LogP contribution < -0.4 is 0 Å². The summed E-state index contributed by atoms with van der Waals surface area (Å²) in [5.74, 6) is 0.921. The second-order valence-corrected chi connectivity index (χ2v) is 17.2. The van der Waals surface area contributed by atoms with Gasteiger partial charge in [-0.2, -0.15) is 8.75 Å². The molecule has 0 amide bonds. The Labute approximate surface area is 372 Å². The van der Waals surface area contributed by atoms with Crippen LogP contribution in [0.15, 0.2) is 218 Å². The number of rotatable bonds is 8. The van der Waals surface area contributed by atoms with E-state index in [1.54, 1.807) is 11.3 Å². The fraction of sp³-hybridized carbons (Fsp3) is 0. The summed E-state index contributed by atoms with van der Waals surface area (Å²) in [7, 11) is 0. The van der Waals surface area contributed by atoms with E-state index in [-0.39, 0.29) is 0 Å². The number of benzene rings is 9. The maximum Gasteiger partial charge on any atom is 0.155 e. The highest BCUT2D eigenvalue weighted by molar-refractivity contribution is 7.18. The molecule has 0 atom stereocenters. The first-order valence-electron chi connectivity index (χ1n) is 21.0. The molecule has 0 saturated carbocycles. The second-order valence-electron chi connectivity index (χ2n) is 15.6. The average Bonchev–Trinajstić information content (AvgIpc) is 4.15. The van der Waals surface area contributed by atoms with Crippen LogP contribution in [0.5, 0.6) is 0 Å². The molecule has 296 valence electrons. The van der Waals surface area contributed by atoms with Gasteiger partial charge in [-0.1, -0.05) is 194 Å². The molecule has 0 N–H and O–H groups in total. The number of hydrogen-bond donors (Lipinski definition) is 0. The lowest BCUT2D eigenvalue weighted by Crippen LogP contribution is -1.97. The van der Waals surface area contributed by atoms with Crippen molar-refractivity contribution in [2.45, 2.75) is 0 Å². The largest absolute Gasteiger partial charge is 0.291 e. The third-order valence-corrected chi connectivity index (χ3v) is 13.6. The molecule has 3 heterocycles. The van der Waals surface area contributed by atoms with Crippen molar-refractivity contribution in [3.05, 3.63) is 241 Å². The summed E-state index contributed by atoms with van der Waals surface area (Å²) in [6.07, 6.45) is 0. The molecule has 6 heteroatoms. The Morgan fingerprint density at radius 3 is 1.43 bits per heavy atom. The summed E-state index contributed by atoms with van der Waals surface area (Å²) in [6, 6.07) is 77.8. The molecule has 0 aliphatic heterocycles. The van der Waals surface area contributed by atoms with Gasteiger partial charge in [-0.25, -0.2) is 4.98 Å². The molecule has 0 spiro atoms. The van der Waals surface area contributed by atoms with Gasteiger partial charge in [0.2, 0.25) is 0 Å². The molecular weight excluding hydrogens is 805 g/mol. The van der Waals surface area contributed by atoms with Gasteiger partial charge in [-0.3, -0.25) is 4.57 Å². The number of para-hydroxylation sites is 1. The molecule has 0 bridgehead atoms. The van der Waals surface area contributed by atoms with Crippen molar-refractivity contribution in [3.63, 3.8) is 0 Å². The van der Waals surface area contributed by atoms with E-state index in [9.17, 15) is 0 Å². The monoisotopic (exact) mass is 840 g/mol. The summed E-state index contributed by atoms with van der Waals surface area (Å²) in [5.41, 5.74) is 15.3. The minimum Gasteiger partial charge on any atom is -0.291 e. The van der Waals surface area contributed by atoms with Crippen LogP contribution in [0.4, 0.5) is 0 Å². The third-order valence-electron chi connectivity index (χ3n) is 12.0. The number of nitrogens with zero attached hydrogens (tertiary/aromatic N) is 4. The minimum absolute atomic E-state index is 0.905. The topological polar surface area (TPSA) is 43.6 Å². The van der Waals surface area contributed by atoms with Crippen molar-refractivity contribution < 1.29 is 0 Å². The number of imidazole rings is 1. The Hall–Kier alpha value is -7.77. The van der Waals surface area contributed by atoms with Gasteiger partial charge in [-0.15, -0.1) is 11.3 Å². The summed E-state index contributed by atoms with van der Waals surface area (Å²) in [6.45, 7) is 0. The molecule has 12 rings (SSSR count). The fourth-order valence-corrected chi connectivity index (χ4v) is 10.7. The Morgan fingerprint density at radius 2 is 0.825 bits per heavy atom. The normalized spacial score (nSPS) is 11.5. The van der Waals surface area contributed by atoms with Crippen LogP contribution in [-0.4, -0.2) is 18.3 Å². The highest BCUT2D eigenvalue weighted by atomic mass is 32.1. The highest BCUT2D eigenvalue weighted by Crippen LogP contribution is 2.44. The van der Waals surface area contributed by atoms with E-state index in [4.69, 9.17) is 13.7 Å². The van der Waals surface area contributed by atoms with Crippen LogP contribution in [0, 0.1) is 0 Å². The summed E-state index contributed by atoms with van der Waals surface area (Å²) in [4.78, 5) is 7.69. The molecule has 0 aliphatic rings. The maximum atomic E-state index is 5.48. The number of fused-ring (bicyclic) bond motifs is 7. The van der Waals surface area contributed by atoms with Crippen molar-refractivity contribution in [1.29, 1.82) is 0 Å². The fourth-order valence-electron chi connectivity index (χ4n) is 9.14. The van der Waals surface area contributed by atoms with Crippen molar-refractivity contribution in [1.82, 2.24) is 18.3 Å². The van der Waals surface area contributed by atoms with Crippen molar-refractivity contribution in [2.24, 2.45) is 0 Å². The van der Waals surface area contributed by atoms with Crippen LogP contribution in [0.1, 0.15) is 22.3 Å². The number of aromatic nitrogens is 4. The summed E-state index contributed by atoms with van der Waals surface area (Å²) in [5, 5.41) is 4.77. The lowest BCUT2D eigenvalue weighted by atomic mass is 9.85. The summed E-state index contributed by atoms with van der Waals surface area (Å²) < 4.78 is 12.2. The molecule has 0 unspecified atom stereocenters. The zero-order valence-electron chi connectivity index (χ0n) is 33.9. The van der Waals surface area contributed by atoms with Gasteiger partial charge in [0, 0.05) is 32.5 Å². The minimum atomic E-state index is 0.905. The first kappa shape index (κ1) is 37.0.